The Morgan fingerprint density at radius 2 is 1.67 bits per heavy atom. The summed E-state index contributed by atoms with van der Waals surface area (Å²) >= 11 is 12.6. The van der Waals surface area contributed by atoms with E-state index in [9.17, 15) is 9.59 Å². The van der Waals surface area contributed by atoms with Crippen molar-refractivity contribution < 1.29 is 4.79 Å². The summed E-state index contributed by atoms with van der Waals surface area (Å²) in [6, 6.07) is 25.6. The van der Waals surface area contributed by atoms with Crippen LogP contribution >= 0.6 is 23.2 Å². The van der Waals surface area contributed by atoms with Gasteiger partial charge in [0.05, 0.1) is 33.2 Å². The van der Waals surface area contributed by atoms with Gasteiger partial charge < -0.3 is 4.90 Å². The fourth-order valence-electron chi connectivity index (χ4n) is 4.96. The highest BCUT2D eigenvalue weighted by molar-refractivity contribution is 6.36. The molecule has 0 N–H and O–H groups in total. The van der Waals surface area contributed by atoms with Gasteiger partial charge in [0.1, 0.15) is 5.82 Å². The van der Waals surface area contributed by atoms with Gasteiger partial charge in [-0.05, 0) is 66.6 Å². The van der Waals surface area contributed by atoms with Gasteiger partial charge in [-0.3, -0.25) is 14.2 Å². The number of hydrogen-bond acceptors (Lipinski definition) is 3. The molecule has 1 unspecified atom stereocenters. The lowest BCUT2D eigenvalue weighted by atomic mass is 10.1. The molecule has 4 aromatic carbocycles. The van der Waals surface area contributed by atoms with Crippen molar-refractivity contribution in [1.82, 2.24) is 14.5 Å². The Bertz CT molecular complexity index is 1730. The van der Waals surface area contributed by atoms with Gasteiger partial charge in [0, 0.05) is 11.6 Å². The van der Waals surface area contributed by atoms with E-state index in [0.717, 1.165) is 30.0 Å². The molecular weight excluding hydrogens is 529 g/mol. The zero-order valence-corrected chi connectivity index (χ0v) is 23.4. The van der Waals surface area contributed by atoms with E-state index in [1.807, 2.05) is 67.6 Å². The molecule has 0 radical (unpaired) electrons. The summed E-state index contributed by atoms with van der Waals surface area (Å²) in [6.45, 7) is 4.53. The van der Waals surface area contributed by atoms with Crippen LogP contribution in [0.15, 0.2) is 89.7 Å². The van der Waals surface area contributed by atoms with Crippen LogP contribution < -0.4 is 5.56 Å². The van der Waals surface area contributed by atoms with Crippen LogP contribution in [0.2, 0.25) is 10.0 Å². The Kier molecular flexibility index (Phi) is 8.01. The molecule has 0 saturated carbocycles. The second kappa shape index (κ2) is 11.6. The van der Waals surface area contributed by atoms with E-state index in [-0.39, 0.29) is 11.5 Å². The van der Waals surface area contributed by atoms with E-state index < -0.39 is 6.04 Å². The van der Waals surface area contributed by atoms with Crippen molar-refractivity contribution in [2.24, 2.45) is 0 Å². The molecule has 0 bridgehead atoms. The summed E-state index contributed by atoms with van der Waals surface area (Å²) in [6.07, 6.45) is 2.78. The Morgan fingerprint density at radius 3 is 2.44 bits per heavy atom. The van der Waals surface area contributed by atoms with Crippen LogP contribution in [0.5, 0.6) is 0 Å². The van der Waals surface area contributed by atoms with Gasteiger partial charge in [-0.1, -0.05) is 85.4 Å². The minimum atomic E-state index is -0.523. The average Bonchev–Trinajstić information content (AvgIpc) is 2.94. The lowest BCUT2D eigenvalue weighted by Crippen LogP contribution is -2.38. The molecular formula is C32H29Cl2N3O2. The van der Waals surface area contributed by atoms with Gasteiger partial charge in [-0.25, -0.2) is 4.98 Å². The fourth-order valence-corrected chi connectivity index (χ4v) is 5.45. The first-order chi connectivity index (χ1) is 18.9. The van der Waals surface area contributed by atoms with Crippen LogP contribution in [-0.4, -0.2) is 26.9 Å². The molecule has 0 aliphatic carbocycles. The molecule has 1 heterocycles. The highest BCUT2D eigenvalue weighted by Crippen LogP contribution is 2.29. The topological polar surface area (TPSA) is 55.2 Å². The van der Waals surface area contributed by atoms with Gasteiger partial charge in [-0.2, -0.15) is 0 Å². The quantitative estimate of drug-likeness (QED) is 0.180. The molecule has 0 fully saturated rings. The monoisotopic (exact) mass is 557 g/mol. The van der Waals surface area contributed by atoms with Crippen LogP contribution in [0.1, 0.15) is 55.3 Å². The number of carbonyl (C=O) groups excluding carboxylic acids is 1. The maximum Gasteiger partial charge on any atom is 0.266 e. The Labute approximate surface area is 237 Å². The number of unbranched alkanes of at least 4 members (excludes halogenated alkanes) is 2. The van der Waals surface area contributed by atoms with Crippen LogP contribution in [0, 0.1) is 0 Å². The third-order valence-electron chi connectivity index (χ3n) is 7.06. The van der Waals surface area contributed by atoms with E-state index in [4.69, 9.17) is 28.2 Å². The van der Waals surface area contributed by atoms with E-state index in [1.54, 1.807) is 33.7 Å². The summed E-state index contributed by atoms with van der Waals surface area (Å²) < 4.78 is 1.64. The first-order valence-electron chi connectivity index (χ1n) is 13.2. The first-order valence-corrected chi connectivity index (χ1v) is 13.9. The molecule has 198 valence electrons. The van der Waals surface area contributed by atoms with Crippen molar-refractivity contribution in [3.63, 3.8) is 0 Å². The van der Waals surface area contributed by atoms with Crippen molar-refractivity contribution in [1.29, 1.82) is 0 Å². The summed E-state index contributed by atoms with van der Waals surface area (Å²) in [5.41, 5.74) is 1.48. The predicted molar refractivity (Wildman–Crippen MR) is 160 cm³/mol. The Hall–Kier alpha value is -3.67. The highest BCUT2D eigenvalue weighted by Gasteiger charge is 2.28. The largest absolute Gasteiger partial charge is 0.329 e. The normalized spacial score (nSPS) is 12.1. The molecule has 0 aliphatic rings. The Morgan fingerprint density at radius 1 is 0.923 bits per heavy atom. The van der Waals surface area contributed by atoms with Crippen molar-refractivity contribution in [3.05, 3.63) is 117 Å². The van der Waals surface area contributed by atoms with E-state index >= 15 is 0 Å². The van der Waals surface area contributed by atoms with Gasteiger partial charge in [0.2, 0.25) is 0 Å². The lowest BCUT2D eigenvalue weighted by Gasteiger charge is -2.31. The van der Waals surface area contributed by atoms with Gasteiger partial charge >= 0.3 is 0 Å². The highest BCUT2D eigenvalue weighted by atomic mass is 35.5. The van der Waals surface area contributed by atoms with Crippen LogP contribution in [0.25, 0.3) is 27.4 Å². The third kappa shape index (κ3) is 5.42. The maximum atomic E-state index is 14.0. The molecule has 1 amide bonds. The van der Waals surface area contributed by atoms with Crippen LogP contribution in [0.3, 0.4) is 0 Å². The van der Waals surface area contributed by atoms with Gasteiger partial charge in [-0.15, -0.1) is 0 Å². The number of fused-ring (bicyclic) bond motifs is 2. The predicted octanol–water partition coefficient (Wildman–Crippen LogP) is 8.24. The molecule has 1 aromatic heterocycles. The van der Waals surface area contributed by atoms with E-state index in [1.165, 1.54) is 0 Å². The summed E-state index contributed by atoms with van der Waals surface area (Å²) in [7, 11) is 0. The lowest BCUT2D eigenvalue weighted by molar-refractivity contribution is 0.0677. The summed E-state index contributed by atoms with van der Waals surface area (Å²) in [4.78, 5) is 34.7. The molecule has 5 aromatic rings. The molecule has 1 atom stereocenters. The van der Waals surface area contributed by atoms with Crippen molar-refractivity contribution >= 4 is 50.8 Å². The number of benzene rings is 4. The number of amides is 1. The molecule has 0 saturated heterocycles. The van der Waals surface area contributed by atoms with Gasteiger partial charge in [0.25, 0.3) is 11.5 Å². The Balaban J connectivity index is 1.69. The number of carbonyl (C=O) groups is 1. The van der Waals surface area contributed by atoms with E-state index in [2.05, 4.69) is 6.92 Å². The van der Waals surface area contributed by atoms with Crippen molar-refractivity contribution in [2.45, 2.75) is 39.2 Å². The zero-order valence-electron chi connectivity index (χ0n) is 21.9. The fraction of sp³-hybridized carbons (Fsp3) is 0.219. The second-order valence-electron chi connectivity index (χ2n) is 9.66. The number of rotatable bonds is 8. The number of para-hydroxylation sites is 1. The standard InChI is InChI=1S/C32H29Cl2N3O2/c1-3-4-9-18-36(31(38)26-17-15-24(33)20-28(26)34)21(2)30-35-29-13-8-7-12-27(29)32(39)37(30)25-16-14-22-10-5-6-11-23(22)19-25/h5-8,10-17,19-21H,3-4,9,18H2,1-2H3. The SMILES string of the molecule is CCCCCN(C(=O)c1ccc(Cl)cc1Cl)C(C)c1nc2ccccc2c(=O)n1-c1ccc2ccccc2c1. The zero-order chi connectivity index (χ0) is 27.5. The third-order valence-corrected chi connectivity index (χ3v) is 7.61. The molecule has 5 rings (SSSR count). The number of nitrogens with zero attached hydrogens (tertiary/aromatic N) is 3. The molecule has 7 heteroatoms. The smallest absolute Gasteiger partial charge is 0.266 e. The molecule has 39 heavy (non-hydrogen) atoms. The molecule has 0 spiro atoms. The minimum Gasteiger partial charge on any atom is -0.329 e. The number of halogens is 2. The van der Waals surface area contributed by atoms with Crippen LogP contribution in [0.4, 0.5) is 0 Å². The van der Waals surface area contributed by atoms with Crippen LogP contribution in [-0.2, 0) is 0 Å². The van der Waals surface area contributed by atoms with Gasteiger partial charge in [0.15, 0.2) is 0 Å². The average molecular weight is 559 g/mol. The maximum absolute atomic E-state index is 14.0. The van der Waals surface area contributed by atoms with E-state index in [0.29, 0.717) is 44.6 Å². The minimum absolute atomic E-state index is 0.178. The molecule has 5 nitrogen and oxygen atoms in total. The first kappa shape index (κ1) is 26.9. The summed E-state index contributed by atoms with van der Waals surface area (Å²) in [5.74, 6) is 0.261. The van der Waals surface area contributed by atoms with Crippen molar-refractivity contribution in [2.75, 3.05) is 6.54 Å². The number of aromatic nitrogens is 2. The molecule has 0 aliphatic heterocycles. The van der Waals surface area contributed by atoms with Crippen molar-refractivity contribution in [3.8, 4) is 5.69 Å². The second-order valence-corrected chi connectivity index (χ2v) is 10.5. The number of hydrogen-bond donors (Lipinski definition) is 0. The summed E-state index contributed by atoms with van der Waals surface area (Å²) in [5, 5.41) is 3.36.